The van der Waals surface area contributed by atoms with Crippen LogP contribution >= 0.6 is 19.6 Å². The summed E-state index contributed by atoms with van der Waals surface area (Å²) >= 11 is 1.13. The largest absolute Gasteiger partial charge is 0.471 e. The lowest BCUT2D eigenvalue weighted by Gasteiger charge is -2.18. The predicted octanol–water partition coefficient (Wildman–Crippen LogP) is 4.41. The van der Waals surface area contributed by atoms with Crippen LogP contribution in [0.1, 0.15) is 59.3 Å². The average Bonchev–Trinajstić information content (AvgIpc) is 2.53. The van der Waals surface area contributed by atoms with Gasteiger partial charge in [-0.3, -0.25) is 13.8 Å². The molecule has 0 aromatic rings. The van der Waals surface area contributed by atoms with Gasteiger partial charge < -0.3 is 9.63 Å². The Morgan fingerprint density at radius 3 is 2.50 bits per heavy atom. The number of phosphoric acid groups is 1. The Kier molecular flexibility index (Phi) is 14.3. The molecule has 0 aliphatic rings. The van der Waals surface area contributed by atoms with Crippen molar-refractivity contribution >= 4 is 24.7 Å². The van der Waals surface area contributed by atoms with Gasteiger partial charge in [-0.25, -0.2) is 4.57 Å². The topological polar surface area (TPSA) is 82.1 Å². The summed E-state index contributed by atoms with van der Waals surface area (Å²) in [7, 11) is -2.92. The summed E-state index contributed by atoms with van der Waals surface area (Å²) < 4.78 is 26.3. The van der Waals surface area contributed by atoms with Crippen molar-refractivity contribution in [3.05, 3.63) is 0 Å². The van der Waals surface area contributed by atoms with E-state index in [-0.39, 0.29) is 17.0 Å². The average molecular weight is 384 g/mol. The van der Waals surface area contributed by atoms with Crippen LogP contribution in [0.25, 0.3) is 0 Å². The molecule has 0 bridgehead atoms. The van der Waals surface area contributed by atoms with Crippen molar-refractivity contribution in [3.63, 3.8) is 0 Å². The maximum Gasteiger partial charge on any atom is 0.471 e. The molecule has 0 heterocycles. The highest BCUT2D eigenvalue weighted by atomic mass is 32.2. The normalized spacial score (nSPS) is 15.4. The van der Waals surface area contributed by atoms with Crippen molar-refractivity contribution in [2.75, 3.05) is 26.9 Å². The zero-order chi connectivity index (χ0) is 18.4. The maximum absolute atomic E-state index is 12.0. The number of carbonyl (C=O) groups excluding carboxylic acids is 1. The first-order chi connectivity index (χ1) is 11.3. The van der Waals surface area contributed by atoms with E-state index >= 15 is 0 Å². The third-order valence-electron chi connectivity index (χ3n) is 3.32. The fourth-order valence-corrected chi connectivity index (χ4v) is 3.33. The molecule has 0 radical (unpaired) electrons. The molecule has 144 valence electrons. The molecule has 0 spiro atoms. The van der Waals surface area contributed by atoms with Crippen LogP contribution in [-0.2, 0) is 23.1 Å². The van der Waals surface area contributed by atoms with Gasteiger partial charge in [0.1, 0.15) is 0 Å². The number of ether oxygens (including phenoxy) is 1. The molecule has 24 heavy (non-hydrogen) atoms. The van der Waals surface area contributed by atoms with Crippen LogP contribution in [0, 0.1) is 5.92 Å². The number of unbranched alkanes of at least 4 members (excludes halogenated alkanes) is 3. The zero-order valence-corrected chi connectivity index (χ0v) is 17.1. The number of phosphoric ester groups is 1. The van der Waals surface area contributed by atoms with Crippen molar-refractivity contribution in [1.82, 2.24) is 0 Å². The van der Waals surface area contributed by atoms with Gasteiger partial charge in [-0.1, -0.05) is 51.8 Å². The molecule has 0 aromatic heterocycles. The molecule has 1 unspecified atom stereocenters. The second-order valence-corrected chi connectivity index (χ2v) is 9.05. The quantitative estimate of drug-likeness (QED) is 0.331. The highest BCUT2D eigenvalue weighted by Crippen LogP contribution is 2.42. The van der Waals surface area contributed by atoms with Gasteiger partial charge in [0.25, 0.3) is 0 Å². The van der Waals surface area contributed by atoms with Crippen LogP contribution < -0.4 is 0 Å². The van der Waals surface area contributed by atoms with Gasteiger partial charge in [-0.2, -0.15) is 0 Å². The Labute approximate surface area is 150 Å². The van der Waals surface area contributed by atoms with Crippen molar-refractivity contribution < 1.29 is 28.0 Å². The van der Waals surface area contributed by atoms with E-state index in [0.717, 1.165) is 38.1 Å². The lowest BCUT2D eigenvalue weighted by Crippen LogP contribution is -2.21. The molecule has 1 N–H and O–H groups in total. The van der Waals surface area contributed by atoms with Crippen molar-refractivity contribution in [3.8, 4) is 0 Å². The van der Waals surface area contributed by atoms with E-state index in [2.05, 4.69) is 25.3 Å². The van der Waals surface area contributed by atoms with E-state index in [1.165, 1.54) is 12.8 Å². The van der Waals surface area contributed by atoms with E-state index < -0.39 is 7.82 Å². The van der Waals surface area contributed by atoms with Crippen LogP contribution in [0.3, 0.4) is 0 Å². The molecule has 0 saturated carbocycles. The Bertz CT molecular complexity index is 378. The van der Waals surface area contributed by atoms with Gasteiger partial charge in [-0.15, -0.1) is 0 Å². The van der Waals surface area contributed by atoms with Gasteiger partial charge in [0.05, 0.1) is 18.5 Å². The molecule has 0 aromatic carbocycles. The first-order valence-electron chi connectivity index (χ1n) is 8.61. The Morgan fingerprint density at radius 1 is 1.21 bits per heavy atom. The van der Waals surface area contributed by atoms with Crippen LogP contribution in [0.5, 0.6) is 0 Å². The van der Waals surface area contributed by atoms with E-state index in [4.69, 9.17) is 9.26 Å². The van der Waals surface area contributed by atoms with Crippen molar-refractivity contribution in [2.24, 2.45) is 5.92 Å². The number of thioether (sulfide) groups is 1. The van der Waals surface area contributed by atoms with Gasteiger partial charge in [0.2, 0.25) is 0 Å². The Balaban J connectivity index is 4.27. The molecular weight excluding hydrogens is 351 g/mol. The molecule has 0 rings (SSSR count). The standard InChI is InChI=1S/C16H33O6PS/c1-5-6-7-8-11-21-12-15(13-22-23(18,19)20-4)24-16(17)10-9-14(2)3/h14-15H,5-13H2,1-4H3,(H,18,19)/t15-/m1/s1. The third-order valence-corrected chi connectivity index (χ3v) is 5.33. The predicted molar refractivity (Wildman–Crippen MR) is 98.2 cm³/mol. The Morgan fingerprint density at radius 2 is 1.92 bits per heavy atom. The number of rotatable bonds is 15. The molecule has 6 nitrogen and oxygen atoms in total. The first kappa shape index (κ1) is 24.1. The summed E-state index contributed by atoms with van der Waals surface area (Å²) in [6.45, 7) is 7.16. The first-order valence-corrected chi connectivity index (χ1v) is 11.0. The molecule has 0 fully saturated rings. The highest BCUT2D eigenvalue weighted by molar-refractivity contribution is 8.14. The number of hydrogen-bond acceptors (Lipinski definition) is 6. The monoisotopic (exact) mass is 384 g/mol. The fourth-order valence-electron chi connectivity index (χ4n) is 1.84. The second kappa shape index (κ2) is 14.3. The molecular formula is C16H33O6PS. The summed E-state index contributed by atoms with van der Waals surface area (Å²) in [5, 5.41) is -0.261. The second-order valence-electron chi connectivity index (χ2n) is 6.13. The van der Waals surface area contributed by atoms with Gasteiger partial charge in [0.15, 0.2) is 5.12 Å². The smallest absolute Gasteiger partial charge is 0.380 e. The summed E-state index contributed by atoms with van der Waals surface area (Å²) in [6.07, 6.45) is 5.75. The van der Waals surface area contributed by atoms with E-state index in [9.17, 15) is 14.3 Å². The van der Waals surface area contributed by atoms with Gasteiger partial charge in [0, 0.05) is 20.1 Å². The summed E-state index contributed by atoms with van der Waals surface area (Å²) in [4.78, 5) is 21.3. The lowest BCUT2D eigenvalue weighted by molar-refractivity contribution is -0.111. The molecule has 2 atom stereocenters. The van der Waals surface area contributed by atoms with Crippen molar-refractivity contribution in [1.29, 1.82) is 0 Å². The molecule has 0 aliphatic carbocycles. The third kappa shape index (κ3) is 14.4. The van der Waals surface area contributed by atoms with Crippen LogP contribution in [0.4, 0.5) is 0 Å². The summed E-state index contributed by atoms with van der Waals surface area (Å²) in [5.74, 6) is 0.463. The highest BCUT2D eigenvalue weighted by Gasteiger charge is 2.23. The molecule has 0 aliphatic heterocycles. The molecule has 8 heteroatoms. The minimum absolute atomic E-state index is 0.0528. The zero-order valence-electron chi connectivity index (χ0n) is 15.4. The lowest BCUT2D eigenvalue weighted by atomic mass is 10.1. The SMILES string of the molecule is CCCCCCOC[C@H](COP(=O)(O)OC)SC(=O)CCC(C)C. The van der Waals surface area contributed by atoms with E-state index in [0.29, 0.717) is 25.6 Å². The number of hydrogen-bond donors (Lipinski definition) is 1. The van der Waals surface area contributed by atoms with Gasteiger partial charge in [-0.05, 0) is 18.8 Å². The summed E-state index contributed by atoms with van der Waals surface area (Å²) in [6, 6.07) is 0. The summed E-state index contributed by atoms with van der Waals surface area (Å²) in [5.41, 5.74) is 0. The van der Waals surface area contributed by atoms with Crippen LogP contribution in [0.15, 0.2) is 0 Å². The molecule has 0 saturated heterocycles. The fraction of sp³-hybridized carbons (Fsp3) is 0.938. The minimum atomic E-state index is -4.04. The minimum Gasteiger partial charge on any atom is -0.380 e. The van der Waals surface area contributed by atoms with Crippen LogP contribution in [-0.4, -0.2) is 42.2 Å². The van der Waals surface area contributed by atoms with Crippen LogP contribution in [0.2, 0.25) is 0 Å². The van der Waals surface area contributed by atoms with Crippen molar-refractivity contribution in [2.45, 2.75) is 64.5 Å². The molecule has 0 amide bonds. The maximum atomic E-state index is 12.0. The number of carbonyl (C=O) groups is 1. The van der Waals surface area contributed by atoms with E-state index in [1.807, 2.05) is 0 Å². The van der Waals surface area contributed by atoms with E-state index in [1.54, 1.807) is 0 Å². The van der Waals surface area contributed by atoms with Gasteiger partial charge >= 0.3 is 7.82 Å². The Hall–Kier alpha value is 0.0900.